The van der Waals surface area contributed by atoms with E-state index in [0.29, 0.717) is 21.2 Å². The fraction of sp³-hybridized carbons (Fsp3) is 0.207. The summed E-state index contributed by atoms with van der Waals surface area (Å²) in [6.07, 6.45) is -1.59. The lowest BCUT2D eigenvalue weighted by Gasteiger charge is -2.30. The molecule has 2 aromatic carbocycles. The second-order valence-electron chi connectivity index (χ2n) is 9.87. The van der Waals surface area contributed by atoms with Crippen molar-refractivity contribution in [3.63, 3.8) is 0 Å². The quantitative estimate of drug-likeness (QED) is 0.317. The number of rotatable bonds is 5. The van der Waals surface area contributed by atoms with Gasteiger partial charge in [0.05, 0.1) is 22.2 Å². The molecule has 2 unspecified atom stereocenters. The van der Waals surface area contributed by atoms with Gasteiger partial charge in [0.2, 0.25) is 17.7 Å². The van der Waals surface area contributed by atoms with Crippen molar-refractivity contribution in [2.75, 3.05) is 10.2 Å². The van der Waals surface area contributed by atoms with E-state index in [-0.39, 0.29) is 12.2 Å². The van der Waals surface area contributed by atoms with Crippen molar-refractivity contribution >= 4 is 52.2 Å². The maximum atomic E-state index is 13.9. The van der Waals surface area contributed by atoms with Gasteiger partial charge in [-0.05, 0) is 48.4 Å². The highest BCUT2D eigenvalue weighted by atomic mass is 32.2. The third-order valence-electron chi connectivity index (χ3n) is 7.25. The molecule has 8 nitrogen and oxygen atoms in total. The summed E-state index contributed by atoms with van der Waals surface area (Å²) in [5.74, 6) is -3.58. The molecule has 4 aromatic rings. The van der Waals surface area contributed by atoms with Gasteiger partial charge >= 0.3 is 11.0 Å². The van der Waals surface area contributed by atoms with E-state index in [9.17, 15) is 32.3 Å². The molecule has 6 rings (SSSR count). The summed E-state index contributed by atoms with van der Waals surface area (Å²) in [5, 5.41) is 2.13. The van der Waals surface area contributed by atoms with E-state index in [1.807, 2.05) is 19.1 Å². The molecule has 0 aliphatic carbocycles. The number of carbonyl (C=O) groups is 3. The van der Waals surface area contributed by atoms with Gasteiger partial charge in [0, 0.05) is 28.9 Å². The van der Waals surface area contributed by atoms with Crippen LogP contribution in [0.5, 0.6) is 0 Å². The Hall–Kier alpha value is -4.23. The number of aryl methyl sites for hydroxylation is 1. The van der Waals surface area contributed by atoms with Gasteiger partial charge in [-0.2, -0.15) is 13.2 Å². The van der Waals surface area contributed by atoms with Crippen LogP contribution in [0, 0.1) is 12.8 Å². The first kappa shape index (κ1) is 27.9. The molecule has 42 heavy (non-hydrogen) atoms. The topological polar surface area (TPSA) is 101 Å². The molecule has 2 aliphatic heterocycles. The molecular formula is C29H21F3N4O4S2. The van der Waals surface area contributed by atoms with Crippen molar-refractivity contribution in [1.29, 1.82) is 0 Å². The number of hydrogen-bond donors (Lipinski definition) is 1. The number of fused-ring (bicyclic) bond motifs is 2. The number of carbonyl (C=O) groups excluding carboxylic acids is 3. The number of thiazole rings is 1. The number of anilines is 2. The normalized spacial score (nSPS) is 19.9. The summed E-state index contributed by atoms with van der Waals surface area (Å²) < 4.78 is 41.6. The zero-order chi connectivity index (χ0) is 29.8. The van der Waals surface area contributed by atoms with E-state index >= 15 is 0 Å². The highest BCUT2D eigenvalue weighted by Crippen LogP contribution is 2.54. The summed E-state index contributed by atoms with van der Waals surface area (Å²) in [7, 11) is 0. The third kappa shape index (κ3) is 4.81. The Bertz CT molecular complexity index is 1790. The number of benzene rings is 2. The summed E-state index contributed by atoms with van der Waals surface area (Å²) in [6, 6.07) is 14.6. The number of amides is 3. The maximum Gasteiger partial charge on any atom is 0.416 e. The average molecular weight is 611 g/mol. The molecule has 3 atom stereocenters. The molecule has 1 saturated heterocycles. The summed E-state index contributed by atoms with van der Waals surface area (Å²) in [4.78, 5) is 58.8. The van der Waals surface area contributed by atoms with E-state index in [0.717, 1.165) is 51.8 Å². The van der Waals surface area contributed by atoms with E-state index in [1.54, 1.807) is 30.5 Å². The Balaban J connectivity index is 1.40. The lowest BCUT2D eigenvalue weighted by atomic mass is 9.84. The van der Waals surface area contributed by atoms with Gasteiger partial charge < -0.3 is 5.32 Å². The number of thioether (sulfide) groups is 1. The fourth-order valence-corrected chi connectivity index (χ4v) is 8.07. The third-order valence-corrected chi connectivity index (χ3v) is 9.85. The average Bonchev–Trinajstić information content (AvgIpc) is 3.40. The Morgan fingerprint density at radius 3 is 2.52 bits per heavy atom. The van der Waals surface area contributed by atoms with Crippen LogP contribution in [0.15, 0.2) is 82.9 Å². The minimum atomic E-state index is -4.67. The Morgan fingerprint density at radius 1 is 1.02 bits per heavy atom. The van der Waals surface area contributed by atoms with E-state index in [4.69, 9.17) is 0 Å². The molecule has 1 fully saturated rings. The molecule has 0 radical (unpaired) electrons. The number of hydrogen-bond acceptors (Lipinski definition) is 7. The van der Waals surface area contributed by atoms with Gasteiger partial charge in [0.15, 0.2) is 0 Å². The van der Waals surface area contributed by atoms with Crippen molar-refractivity contribution in [1.82, 2.24) is 9.55 Å². The molecule has 2 aromatic heterocycles. The van der Waals surface area contributed by atoms with Crippen molar-refractivity contribution in [3.05, 3.63) is 104 Å². The molecule has 214 valence electrons. The first-order valence-electron chi connectivity index (χ1n) is 12.7. The summed E-state index contributed by atoms with van der Waals surface area (Å²) in [6.45, 7) is 1.50. The van der Waals surface area contributed by atoms with Crippen LogP contribution in [0.4, 0.5) is 24.5 Å². The second kappa shape index (κ2) is 10.6. The van der Waals surface area contributed by atoms with Crippen LogP contribution in [-0.2, 0) is 27.1 Å². The number of nitrogens with one attached hydrogen (secondary N) is 1. The zero-order valence-electron chi connectivity index (χ0n) is 21.8. The molecule has 1 N–H and O–H groups in total. The van der Waals surface area contributed by atoms with Crippen LogP contribution in [-0.4, -0.2) is 32.5 Å². The number of nitrogens with zero attached hydrogens (tertiary/aromatic N) is 3. The standard InChI is InChI=1S/C29H21F3N4O4S2/c1-15-6-2-3-10-19(15)34-20(37)14-35-27-24(42-28(35)40)21(16-7-5-11-33-13-16)22-23(41-27)26(39)36(25(22)38)18-9-4-8-17(12-18)29(30,31)32/h2-13,21-23H,14H2,1H3,(H,34,37)/t21-,22?,23?/m1/s1. The van der Waals surface area contributed by atoms with E-state index < -0.39 is 51.4 Å². The van der Waals surface area contributed by atoms with E-state index in [1.165, 1.54) is 16.8 Å². The Kier molecular flexibility index (Phi) is 7.01. The second-order valence-corrected chi connectivity index (χ2v) is 12.0. The van der Waals surface area contributed by atoms with Crippen LogP contribution in [0.3, 0.4) is 0 Å². The molecule has 4 heterocycles. The largest absolute Gasteiger partial charge is 0.416 e. The number of pyridine rings is 1. The number of para-hydroxylation sites is 1. The van der Waals surface area contributed by atoms with Gasteiger partial charge in [0.1, 0.15) is 11.8 Å². The van der Waals surface area contributed by atoms with Crippen LogP contribution in [0.2, 0.25) is 0 Å². The summed E-state index contributed by atoms with van der Waals surface area (Å²) in [5.41, 5.74) is 0.828. The lowest BCUT2D eigenvalue weighted by molar-refractivity contribution is -0.137. The van der Waals surface area contributed by atoms with Crippen LogP contribution in [0.1, 0.15) is 27.5 Å². The number of alkyl halides is 3. The Morgan fingerprint density at radius 2 is 1.81 bits per heavy atom. The Labute approximate surface area is 245 Å². The highest BCUT2D eigenvalue weighted by Gasteiger charge is 2.57. The van der Waals surface area contributed by atoms with Gasteiger partial charge in [-0.25, -0.2) is 4.90 Å². The van der Waals surface area contributed by atoms with Gasteiger partial charge in [-0.1, -0.05) is 53.4 Å². The van der Waals surface area contributed by atoms with Crippen LogP contribution in [0.25, 0.3) is 0 Å². The predicted molar refractivity (Wildman–Crippen MR) is 152 cm³/mol. The molecule has 13 heteroatoms. The van der Waals surface area contributed by atoms with Crippen molar-refractivity contribution in [3.8, 4) is 0 Å². The molecular weight excluding hydrogens is 589 g/mol. The zero-order valence-corrected chi connectivity index (χ0v) is 23.4. The lowest BCUT2D eigenvalue weighted by Crippen LogP contribution is -2.33. The molecule has 0 spiro atoms. The first-order valence-corrected chi connectivity index (χ1v) is 14.4. The van der Waals surface area contributed by atoms with Crippen molar-refractivity contribution < 1.29 is 27.6 Å². The first-order chi connectivity index (χ1) is 20.0. The van der Waals surface area contributed by atoms with Crippen LogP contribution < -0.4 is 15.1 Å². The highest BCUT2D eigenvalue weighted by molar-refractivity contribution is 8.00. The molecule has 2 aliphatic rings. The molecule has 3 amide bonds. The van der Waals surface area contributed by atoms with Gasteiger partial charge in [-0.3, -0.25) is 28.7 Å². The number of aromatic nitrogens is 2. The smallest absolute Gasteiger partial charge is 0.324 e. The van der Waals surface area contributed by atoms with Gasteiger partial charge in [0.25, 0.3) is 0 Å². The SMILES string of the molecule is Cc1ccccc1NC(=O)Cn1c2c(sc1=O)[C@H](c1cccnc1)C1C(=O)N(c3cccc(C(F)(F)F)c3)C(=O)C1S2. The maximum absolute atomic E-state index is 13.9. The van der Waals surface area contributed by atoms with Crippen molar-refractivity contribution in [2.24, 2.45) is 5.92 Å². The number of imide groups is 1. The fourth-order valence-electron chi connectivity index (χ4n) is 5.30. The van der Waals surface area contributed by atoms with Crippen molar-refractivity contribution in [2.45, 2.75) is 35.8 Å². The van der Waals surface area contributed by atoms with Gasteiger partial charge in [-0.15, -0.1) is 0 Å². The van der Waals surface area contributed by atoms with E-state index in [2.05, 4.69) is 10.3 Å². The summed E-state index contributed by atoms with van der Waals surface area (Å²) >= 11 is 1.86. The predicted octanol–water partition coefficient (Wildman–Crippen LogP) is 5.07. The van der Waals surface area contributed by atoms with Crippen LogP contribution >= 0.6 is 23.1 Å². The molecule has 0 bridgehead atoms. The number of halogens is 3. The molecule has 0 saturated carbocycles. The minimum absolute atomic E-state index is 0.182. The minimum Gasteiger partial charge on any atom is -0.324 e. The monoisotopic (exact) mass is 610 g/mol.